The summed E-state index contributed by atoms with van der Waals surface area (Å²) in [5, 5.41) is 11.5. The Morgan fingerprint density at radius 2 is 1.55 bits per heavy atom. The van der Waals surface area contributed by atoms with E-state index in [0.717, 1.165) is 11.3 Å². The molecule has 0 saturated carbocycles. The van der Waals surface area contributed by atoms with Crippen molar-refractivity contribution in [3.05, 3.63) is 65.0 Å². The summed E-state index contributed by atoms with van der Waals surface area (Å²) in [5.74, 6) is 1.13. The summed E-state index contributed by atoms with van der Waals surface area (Å²) >= 11 is 0. The Hall–Kier alpha value is -2.62. The van der Waals surface area contributed by atoms with Crippen molar-refractivity contribution < 1.29 is 4.42 Å². The Morgan fingerprint density at radius 1 is 0.864 bits per heavy atom. The van der Waals surface area contributed by atoms with Crippen LogP contribution >= 0.6 is 0 Å². The van der Waals surface area contributed by atoms with Crippen molar-refractivity contribution in [2.45, 2.75) is 27.3 Å². The number of aromatic nitrogens is 2. The lowest BCUT2D eigenvalue weighted by molar-refractivity contribution is 0.515. The van der Waals surface area contributed by atoms with Crippen LogP contribution in [0.15, 0.2) is 46.9 Å². The van der Waals surface area contributed by atoms with Gasteiger partial charge in [0.15, 0.2) is 0 Å². The minimum atomic E-state index is 0.516. The molecule has 0 fully saturated rings. The zero-order valence-electron chi connectivity index (χ0n) is 13.1. The summed E-state index contributed by atoms with van der Waals surface area (Å²) < 4.78 is 5.71. The highest BCUT2D eigenvalue weighted by Gasteiger charge is 2.08. The van der Waals surface area contributed by atoms with E-state index in [1.807, 2.05) is 24.3 Å². The van der Waals surface area contributed by atoms with Crippen molar-refractivity contribution in [1.29, 1.82) is 0 Å². The number of hydrogen-bond acceptors (Lipinski definition) is 4. The van der Waals surface area contributed by atoms with Crippen LogP contribution in [-0.4, -0.2) is 10.2 Å². The fourth-order valence-electron chi connectivity index (χ4n) is 2.39. The molecule has 0 amide bonds. The molecule has 1 heterocycles. The van der Waals surface area contributed by atoms with E-state index >= 15 is 0 Å². The minimum absolute atomic E-state index is 0.516. The van der Waals surface area contributed by atoms with E-state index < -0.39 is 0 Å². The van der Waals surface area contributed by atoms with Gasteiger partial charge < -0.3 is 9.73 Å². The van der Waals surface area contributed by atoms with Gasteiger partial charge in [-0.15, -0.1) is 10.2 Å². The van der Waals surface area contributed by atoms with E-state index in [9.17, 15) is 0 Å². The van der Waals surface area contributed by atoms with Crippen LogP contribution in [0.5, 0.6) is 0 Å². The Bertz CT molecular complexity index is 755. The molecule has 3 rings (SSSR count). The Labute approximate surface area is 130 Å². The first kappa shape index (κ1) is 14.3. The van der Waals surface area contributed by atoms with Crippen LogP contribution in [0, 0.1) is 20.8 Å². The van der Waals surface area contributed by atoms with Gasteiger partial charge in [-0.05, 0) is 56.2 Å². The van der Waals surface area contributed by atoms with E-state index in [0.29, 0.717) is 18.3 Å². The number of hydrogen-bond donors (Lipinski definition) is 1. The fourth-order valence-corrected chi connectivity index (χ4v) is 2.39. The van der Waals surface area contributed by atoms with Gasteiger partial charge in [-0.3, -0.25) is 0 Å². The summed E-state index contributed by atoms with van der Waals surface area (Å²) in [6.45, 7) is 6.74. The van der Waals surface area contributed by atoms with E-state index in [4.69, 9.17) is 4.42 Å². The smallest absolute Gasteiger partial charge is 0.247 e. The van der Waals surface area contributed by atoms with Gasteiger partial charge in [-0.2, -0.15) is 0 Å². The van der Waals surface area contributed by atoms with E-state index in [-0.39, 0.29) is 0 Å². The van der Waals surface area contributed by atoms with Gasteiger partial charge in [0, 0.05) is 11.3 Å². The molecule has 4 nitrogen and oxygen atoms in total. The third kappa shape index (κ3) is 3.34. The first-order valence-electron chi connectivity index (χ1n) is 7.32. The molecule has 0 spiro atoms. The monoisotopic (exact) mass is 293 g/mol. The van der Waals surface area contributed by atoms with Crippen molar-refractivity contribution in [2.24, 2.45) is 0 Å². The van der Waals surface area contributed by atoms with Crippen LogP contribution < -0.4 is 5.32 Å². The molecular formula is C18H19N3O. The van der Waals surface area contributed by atoms with Gasteiger partial charge in [-0.25, -0.2) is 0 Å². The van der Waals surface area contributed by atoms with Gasteiger partial charge in [0.2, 0.25) is 11.8 Å². The second kappa shape index (κ2) is 6.02. The second-order valence-corrected chi connectivity index (χ2v) is 5.60. The van der Waals surface area contributed by atoms with E-state index in [1.54, 1.807) is 0 Å². The zero-order chi connectivity index (χ0) is 15.5. The lowest BCUT2D eigenvalue weighted by Gasteiger charge is -2.06. The summed E-state index contributed by atoms with van der Waals surface area (Å²) in [6.07, 6.45) is 0. The average Bonchev–Trinajstić information content (AvgIpc) is 2.94. The number of rotatable bonds is 4. The van der Waals surface area contributed by atoms with Gasteiger partial charge in [0.25, 0.3) is 0 Å². The highest BCUT2D eigenvalue weighted by atomic mass is 16.4. The maximum Gasteiger partial charge on any atom is 0.247 e. The molecule has 1 N–H and O–H groups in total. The standard InChI is InChI=1S/C18H19N3O/c1-12-4-6-15(7-5-12)18-21-20-17(22-18)11-19-16-9-13(2)8-14(3)10-16/h4-10,19H,11H2,1-3H3. The number of benzene rings is 2. The number of nitrogens with one attached hydrogen (secondary N) is 1. The molecule has 0 bridgehead atoms. The van der Waals surface area contributed by atoms with Gasteiger partial charge in [0.05, 0.1) is 6.54 Å². The number of aryl methyl sites for hydroxylation is 3. The lowest BCUT2D eigenvalue weighted by Crippen LogP contribution is -2.00. The van der Waals surface area contributed by atoms with Crippen molar-refractivity contribution in [3.8, 4) is 11.5 Å². The minimum Gasteiger partial charge on any atom is -0.419 e. The first-order chi connectivity index (χ1) is 10.6. The lowest BCUT2D eigenvalue weighted by atomic mass is 10.1. The molecule has 0 aliphatic carbocycles. The predicted molar refractivity (Wildman–Crippen MR) is 87.7 cm³/mol. The number of anilines is 1. The molecule has 4 heteroatoms. The summed E-state index contributed by atoms with van der Waals surface area (Å²) in [5.41, 5.74) is 5.67. The Kier molecular flexibility index (Phi) is 3.92. The molecule has 3 aromatic rings. The first-order valence-corrected chi connectivity index (χ1v) is 7.32. The van der Waals surface area contributed by atoms with Crippen molar-refractivity contribution in [3.63, 3.8) is 0 Å². The van der Waals surface area contributed by atoms with E-state index in [1.165, 1.54) is 16.7 Å². The molecule has 0 atom stereocenters. The quantitative estimate of drug-likeness (QED) is 0.780. The van der Waals surface area contributed by atoms with Crippen molar-refractivity contribution in [1.82, 2.24) is 10.2 Å². The largest absolute Gasteiger partial charge is 0.419 e. The zero-order valence-corrected chi connectivity index (χ0v) is 13.1. The van der Waals surface area contributed by atoms with Crippen LogP contribution in [0.1, 0.15) is 22.6 Å². The highest BCUT2D eigenvalue weighted by molar-refractivity contribution is 5.53. The van der Waals surface area contributed by atoms with Gasteiger partial charge in [0.1, 0.15) is 0 Å². The normalized spacial score (nSPS) is 10.7. The fraction of sp³-hybridized carbons (Fsp3) is 0.222. The van der Waals surface area contributed by atoms with Crippen LogP contribution in [0.4, 0.5) is 5.69 Å². The molecule has 1 aromatic heterocycles. The Morgan fingerprint density at radius 3 is 2.23 bits per heavy atom. The van der Waals surface area contributed by atoms with Gasteiger partial charge in [-0.1, -0.05) is 23.8 Å². The highest BCUT2D eigenvalue weighted by Crippen LogP contribution is 2.19. The molecule has 2 aromatic carbocycles. The summed E-state index contributed by atoms with van der Waals surface area (Å²) in [4.78, 5) is 0. The average molecular weight is 293 g/mol. The third-order valence-electron chi connectivity index (χ3n) is 3.43. The Balaban J connectivity index is 1.70. The third-order valence-corrected chi connectivity index (χ3v) is 3.43. The van der Waals surface area contributed by atoms with Crippen molar-refractivity contribution >= 4 is 5.69 Å². The van der Waals surface area contributed by atoms with Crippen LogP contribution in [0.2, 0.25) is 0 Å². The van der Waals surface area contributed by atoms with E-state index in [2.05, 4.69) is 54.5 Å². The molecule has 0 radical (unpaired) electrons. The van der Waals surface area contributed by atoms with Crippen LogP contribution in [0.3, 0.4) is 0 Å². The second-order valence-electron chi connectivity index (χ2n) is 5.60. The topological polar surface area (TPSA) is 51.0 Å². The predicted octanol–water partition coefficient (Wildman–Crippen LogP) is 4.27. The SMILES string of the molecule is Cc1ccc(-c2nnc(CNc3cc(C)cc(C)c3)o2)cc1. The maximum atomic E-state index is 5.71. The molecule has 112 valence electrons. The van der Waals surface area contributed by atoms with Crippen LogP contribution in [0.25, 0.3) is 11.5 Å². The number of nitrogens with zero attached hydrogens (tertiary/aromatic N) is 2. The summed E-state index contributed by atoms with van der Waals surface area (Å²) in [6, 6.07) is 14.4. The summed E-state index contributed by atoms with van der Waals surface area (Å²) in [7, 11) is 0. The maximum absolute atomic E-state index is 5.71. The molecule has 0 saturated heterocycles. The van der Waals surface area contributed by atoms with Crippen LogP contribution in [-0.2, 0) is 6.54 Å². The molecule has 0 unspecified atom stereocenters. The van der Waals surface area contributed by atoms with Gasteiger partial charge >= 0.3 is 0 Å². The molecular weight excluding hydrogens is 274 g/mol. The molecule has 22 heavy (non-hydrogen) atoms. The molecule has 0 aliphatic rings. The van der Waals surface area contributed by atoms with Crippen molar-refractivity contribution in [2.75, 3.05) is 5.32 Å². The molecule has 0 aliphatic heterocycles.